The third-order valence-electron chi connectivity index (χ3n) is 2.78. The summed E-state index contributed by atoms with van der Waals surface area (Å²) in [6.07, 6.45) is 0. The predicted octanol–water partition coefficient (Wildman–Crippen LogP) is 1.65. The molecule has 0 heterocycles. The number of hydrogen-bond acceptors (Lipinski definition) is 3. The molecular formula is C13H21NO2S. The van der Waals surface area contributed by atoms with Gasteiger partial charge in [0, 0.05) is 35.5 Å². The van der Waals surface area contributed by atoms with Gasteiger partial charge in [0.25, 0.3) is 0 Å². The van der Waals surface area contributed by atoms with Crippen LogP contribution in [0.2, 0.25) is 0 Å². The van der Waals surface area contributed by atoms with Crippen LogP contribution in [0, 0.1) is 6.92 Å². The zero-order chi connectivity index (χ0) is 12.7. The molecule has 0 aliphatic carbocycles. The zero-order valence-corrected chi connectivity index (χ0v) is 11.5. The molecule has 17 heavy (non-hydrogen) atoms. The summed E-state index contributed by atoms with van der Waals surface area (Å²) in [6, 6.07) is 8.36. The van der Waals surface area contributed by atoms with E-state index in [0.29, 0.717) is 18.1 Å². The van der Waals surface area contributed by atoms with Gasteiger partial charge in [0.1, 0.15) is 0 Å². The Bertz CT molecular complexity index is 368. The fourth-order valence-corrected chi connectivity index (χ4v) is 2.99. The lowest BCUT2D eigenvalue weighted by Gasteiger charge is -2.18. The number of ether oxygens (including phenoxy) is 1. The fraction of sp³-hybridized carbons (Fsp3) is 0.538. The number of nitrogens with one attached hydrogen (secondary N) is 1. The van der Waals surface area contributed by atoms with Crippen molar-refractivity contribution in [2.24, 2.45) is 0 Å². The van der Waals surface area contributed by atoms with Crippen LogP contribution in [0.1, 0.15) is 17.2 Å². The van der Waals surface area contributed by atoms with Crippen LogP contribution in [-0.2, 0) is 15.5 Å². The minimum atomic E-state index is -0.846. The summed E-state index contributed by atoms with van der Waals surface area (Å²) in [4.78, 5) is 0. The molecule has 4 heteroatoms. The maximum Gasteiger partial charge on any atom is 0.0577 e. The molecule has 0 spiro atoms. The van der Waals surface area contributed by atoms with Gasteiger partial charge in [-0.1, -0.05) is 24.3 Å². The molecule has 0 saturated heterocycles. The molecule has 0 bridgehead atoms. The molecule has 0 amide bonds. The van der Waals surface area contributed by atoms with Gasteiger partial charge in [0.2, 0.25) is 0 Å². The maximum atomic E-state index is 11.8. The lowest BCUT2D eigenvalue weighted by molar-refractivity contribution is 0.218. The fourth-order valence-electron chi connectivity index (χ4n) is 1.75. The van der Waals surface area contributed by atoms with E-state index in [4.69, 9.17) is 4.74 Å². The average molecular weight is 255 g/mol. The largest absolute Gasteiger partial charge is 0.384 e. The molecule has 1 aromatic rings. The van der Waals surface area contributed by atoms with Crippen LogP contribution in [0.5, 0.6) is 0 Å². The highest BCUT2D eigenvalue weighted by Crippen LogP contribution is 2.17. The Morgan fingerprint density at radius 2 is 2.12 bits per heavy atom. The van der Waals surface area contributed by atoms with Gasteiger partial charge in [0.05, 0.1) is 6.61 Å². The van der Waals surface area contributed by atoms with E-state index in [0.717, 1.165) is 0 Å². The number of aryl methyl sites for hydroxylation is 1. The first-order valence-corrected chi connectivity index (χ1v) is 7.24. The summed E-state index contributed by atoms with van der Waals surface area (Å²) in [6.45, 7) is 2.63. The highest BCUT2D eigenvalue weighted by molar-refractivity contribution is 7.85. The van der Waals surface area contributed by atoms with Crippen molar-refractivity contribution in [2.75, 3.05) is 32.3 Å². The number of rotatable bonds is 7. The van der Waals surface area contributed by atoms with Gasteiger partial charge in [-0.3, -0.25) is 4.21 Å². The van der Waals surface area contributed by atoms with Crippen molar-refractivity contribution in [3.8, 4) is 0 Å². The first-order valence-electron chi connectivity index (χ1n) is 5.75. The van der Waals surface area contributed by atoms with Gasteiger partial charge in [-0.05, 0) is 25.1 Å². The SMILES string of the molecule is CNC(CS(=O)CCOC)c1ccccc1C. The van der Waals surface area contributed by atoms with Crippen molar-refractivity contribution < 1.29 is 8.95 Å². The summed E-state index contributed by atoms with van der Waals surface area (Å²) in [5.74, 6) is 1.23. The summed E-state index contributed by atoms with van der Waals surface area (Å²) >= 11 is 0. The zero-order valence-electron chi connectivity index (χ0n) is 10.7. The van der Waals surface area contributed by atoms with E-state index in [9.17, 15) is 4.21 Å². The molecule has 0 aromatic heterocycles. The minimum absolute atomic E-state index is 0.147. The molecule has 0 radical (unpaired) electrons. The normalized spacial score (nSPS) is 14.5. The van der Waals surface area contributed by atoms with Gasteiger partial charge in [-0.2, -0.15) is 0 Å². The Morgan fingerprint density at radius 1 is 1.41 bits per heavy atom. The van der Waals surface area contributed by atoms with Gasteiger partial charge >= 0.3 is 0 Å². The minimum Gasteiger partial charge on any atom is -0.384 e. The summed E-state index contributed by atoms with van der Waals surface area (Å²) in [7, 11) is 2.69. The van der Waals surface area contributed by atoms with Crippen LogP contribution in [0.3, 0.4) is 0 Å². The quantitative estimate of drug-likeness (QED) is 0.805. The third kappa shape index (κ3) is 4.58. The summed E-state index contributed by atoms with van der Waals surface area (Å²) in [5.41, 5.74) is 2.45. The molecule has 96 valence electrons. The van der Waals surface area contributed by atoms with Crippen LogP contribution >= 0.6 is 0 Å². The van der Waals surface area contributed by atoms with Crippen molar-refractivity contribution in [1.82, 2.24) is 5.32 Å². The van der Waals surface area contributed by atoms with E-state index in [1.807, 2.05) is 19.2 Å². The van der Waals surface area contributed by atoms with Crippen LogP contribution < -0.4 is 5.32 Å². The Morgan fingerprint density at radius 3 is 2.71 bits per heavy atom. The first-order chi connectivity index (χ1) is 8.19. The van der Waals surface area contributed by atoms with Gasteiger partial charge in [-0.15, -0.1) is 0 Å². The first kappa shape index (κ1) is 14.4. The molecule has 0 fully saturated rings. The Labute approximate surface area is 106 Å². The van der Waals surface area contributed by atoms with Crippen molar-refractivity contribution in [3.05, 3.63) is 35.4 Å². The second-order valence-electron chi connectivity index (χ2n) is 4.00. The smallest absolute Gasteiger partial charge is 0.0577 e. The van der Waals surface area contributed by atoms with E-state index in [1.54, 1.807) is 7.11 Å². The predicted molar refractivity (Wildman–Crippen MR) is 72.7 cm³/mol. The van der Waals surface area contributed by atoms with Crippen molar-refractivity contribution >= 4 is 10.8 Å². The number of methoxy groups -OCH3 is 1. The standard InChI is InChI=1S/C13H21NO2S/c1-11-6-4-5-7-12(11)13(14-2)10-17(15)9-8-16-3/h4-7,13-14H,8-10H2,1-3H3. The van der Waals surface area contributed by atoms with Crippen LogP contribution in [-0.4, -0.2) is 36.5 Å². The highest BCUT2D eigenvalue weighted by Gasteiger charge is 2.14. The summed E-state index contributed by atoms with van der Waals surface area (Å²) < 4.78 is 16.8. The van der Waals surface area contributed by atoms with Gasteiger partial charge in [-0.25, -0.2) is 0 Å². The van der Waals surface area contributed by atoms with E-state index in [2.05, 4.69) is 24.4 Å². The van der Waals surface area contributed by atoms with Crippen molar-refractivity contribution in [2.45, 2.75) is 13.0 Å². The molecule has 3 nitrogen and oxygen atoms in total. The maximum absolute atomic E-state index is 11.8. The van der Waals surface area contributed by atoms with Crippen molar-refractivity contribution in [3.63, 3.8) is 0 Å². The second kappa shape index (κ2) is 7.58. The van der Waals surface area contributed by atoms with Crippen LogP contribution in [0.15, 0.2) is 24.3 Å². The van der Waals surface area contributed by atoms with Crippen LogP contribution in [0.25, 0.3) is 0 Å². The Kier molecular flexibility index (Phi) is 6.40. The van der Waals surface area contributed by atoms with E-state index in [1.165, 1.54) is 11.1 Å². The topological polar surface area (TPSA) is 38.3 Å². The third-order valence-corrected chi connectivity index (χ3v) is 4.11. The molecular weight excluding hydrogens is 234 g/mol. The number of benzene rings is 1. The molecule has 2 atom stereocenters. The highest BCUT2D eigenvalue weighted by atomic mass is 32.2. The number of hydrogen-bond donors (Lipinski definition) is 1. The Hall–Kier alpha value is -0.710. The van der Waals surface area contributed by atoms with Gasteiger partial charge < -0.3 is 10.1 Å². The molecule has 0 aliphatic heterocycles. The molecule has 0 saturated carbocycles. The van der Waals surface area contributed by atoms with E-state index >= 15 is 0 Å². The molecule has 1 aromatic carbocycles. The lowest BCUT2D eigenvalue weighted by atomic mass is 10.0. The van der Waals surface area contributed by atoms with Crippen LogP contribution in [0.4, 0.5) is 0 Å². The lowest BCUT2D eigenvalue weighted by Crippen LogP contribution is -2.25. The monoisotopic (exact) mass is 255 g/mol. The molecule has 0 aliphatic rings. The molecule has 2 unspecified atom stereocenters. The summed E-state index contributed by atoms with van der Waals surface area (Å²) in [5, 5.41) is 3.23. The molecule has 1 N–H and O–H groups in total. The van der Waals surface area contributed by atoms with Gasteiger partial charge in [0.15, 0.2) is 0 Å². The van der Waals surface area contributed by atoms with E-state index in [-0.39, 0.29) is 6.04 Å². The van der Waals surface area contributed by atoms with E-state index < -0.39 is 10.8 Å². The van der Waals surface area contributed by atoms with Crippen molar-refractivity contribution in [1.29, 1.82) is 0 Å². The molecule has 1 rings (SSSR count). The Balaban J connectivity index is 2.66. The second-order valence-corrected chi connectivity index (χ2v) is 5.62. The average Bonchev–Trinajstić information content (AvgIpc) is 2.34.